The van der Waals surface area contributed by atoms with Crippen molar-refractivity contribution in [3.05, 3.63) is 70.8 Å². The van der Waals surface area contributed by atoms with Gasteiger partial charge >= 0.3 is 0 Å². The summed E-state index contributed by atoms with van der Waals surface area (Å²) >= 11 is 1.62. The Morgan fingerprint density at radius 2 is 1.83 bits per heavy atom. The molecule has 0 fully saturated rings. The zero-order valence-electron chi connectivity index (χ0n) is 13.3. The largest absolute Gasteiger partial charge is 0.356 e. The number of aromatic nitrogens is 2. The molecule has 4 nitrogen and oxygen atoms in total. The Labute approximate surface area is 145 Å². The van der Waals surface area contributed by atoms with Crippen molar-refractivity contribution in [3.63, 3.8) is 0 Å². The Hall–Kier alpha value is -2.53. The van der Waals surface area contributed by atoms with Crippen molar-refractivity contribution >= 4 is 17.2 Å². The third-order valence-electron chi connectivity index (χ3n) is 3.67. The zero-order valence-corrected chi connectivity index (χ0v) is 14.1. The number of rotatable bonds is 7. The predicted octanol–water partition coefficient (Wildman–Crippen LogP) is 3.50. The number of pyridine rings is 1. The molecule has 5 heteroatoms. The third kappa shape index (κ3) is 4.73. The molecule has 0 aliphatic rings. The van der Waals surface area contributed by atoms with Gasteiger partial charge in [-0.25, -0.2) is 4.98 Å². The molecule has 0 atom stereocenters. The van der Waals surface area contributed by atoms with E-state index >= 15 is 0 Å². The van der Waals surface area contributed by atoms with Crippen LogP contribution in [0.5, 0.6) is 0 Å². The van der Waals surface area contributed by atoms with Crippen LogP contribution in [0.4, 0.5) is 0 Å². The first-order chi connectivity index (χ1) is 11.8. The van der Waals surface area contributed by atoms with Crippen LogP contribution in [0.2, 0.25) is 0 Å². The van der Waals surface area contributed by atoms with E-state index in [0.717, 1.165) is 29.1 Å². The summed E-state index contributed by atoms with van der Waals surface area (Å²) in [6.07, 6.45) is 5.58. The van der Waals surface area contributed by atoms with Crippen molar-refractivity contribution < 1.29 is 4.79 Å². The highest BCUT2D eigenvalue weighted by molar-refractivity contribution is 7.09. The van der Waals surface area contributed by atoms with Crippen LogP contribution in [0.3, 0.4) is 0 Å². The summed E-state index contributed by atoms with van der Waals surface area (Å²) in [7, 11) is 0. The molecule has 0 unspecified atom stereocenters. The molecule has 3 aromatic rings. The highest BCUT2D eigenvalue weighted by Gasteiger charge is 2.06. The molecular weight excluding hydrogens is 318 g/mol. The number of carbonyl (C=O) groups is 1. The van der Waals surface area contributed by atoms with Crippen LogP contribution in [0.15, 0.2) is 60.2 Å². The van der Waals surface area contributed by atoms with Gasteiger partial charge < -0.3 is 5.32 Å². The monoisotopic (exact) mass is 337 g/mol. The molecule has 0 aliphatic carbocycles. The second-order valence-electron chi connectivity index (χ2n) is 5.45. The summed E-state index contributed by atoms with van der Waals surface area (Å²) in [6.45, 7) is 0.622. The van der Waals surface area contributed by atoms with Crippen LogP contribution < -0.4 is 5.32 Å². The summed E-state index contributed by atoms with van der Waals surface area (Å²) in [5.41, 5.74) is 3.22. The van der Waals surface area contributed by atoms with Gasteiger partial charge in [-0.2, -0.15) is 0 Å². The van der Waals surface area contributed by atoms with E-state index in [1.807, 2.05) is 47.8 Å². The molecule has 0 spiro atoms. The van der Waals surface area contributed by atoms with Gasteiger partial charge in [-0.1, -0.05) is 30.3 Å². The first-order valence-corrected chi connectivity index (χ1v) is 8.84. The highest BCUT2D eigenvalue weighted by Crippen LogP contribution is 2.21. The van der Waals surface area contributed by atoms with Crippen LogP contribution in [-0.2, 0) is 17.6 Å². The molecular formula is C19H19N3OS. The fourth-order valence-electron chi connectivity index (χ4n) is 2.38. The van der Waals surface area contributed by atoms with E-state index in [2.05, 4.69) is 15.3 Å². The van der Waals surface area contributed by atoms with Gasteiger partial charge in [0, 0.05) is 42.7 Å². The summed E-state index contributed by atoms with van der Waals surface area (Å²) < 4.78 is 0. The Morgan fingerprint density at radius 1 is 1.04 bits per heavy atom. The average molecular weight is 337 g/mol. The van der Waals surface area contributed by atoms with E-state index in [1.165, 1.54) is 5.56 Å². The van der Waals surface area contributed by atoms with E-state index in [0.29, 0.717) is 13.0 Å². The summed E-state index contributed by atoms with van der Waals surface area (Å²) in [6, 6.07) is 14.0. The average Bonchev–Trinajstić information content (AvgIpc) is 3.11. The first kappa shape index (κ1) is 16.3. The SMILES string of the molecule is O=C(CCc1ccccc1)NCCc1nc(-c2ccncc2)cs1. The quantitative estimate of drug-likeness (QED) is 0.718. The van der Waals surface area contributed by atoms with Gasteiger partial charge in [0.05, 0.1) is 10.7 Å². The van der Waals surface area contributed by atoms with Crippen molar-refractivity contribution in [2.75, 3.05) is 6.54 Å². The van der Waals surface area contributed by atoms with Crippen LogP contribution in [0, 0.1) is 0 Å². The Bertz CT molecular complexity index is 772. The zero-order chi connectivity index (χ0) is 16.6. The lowest BCUT2D eigenvalue weighted by Crippen LogP contribution is -2.25. The number of thiazole rings is 1. The lowest BCUT2D eigenvalue weighted by Gasteiger charge is -2.04. The smallest absolute Gasteiger partial charge is 0.220 e. The Kier molecular flexibility index (Phi) is 5.69. The van der Waals surface area contributed by atoms with Gasteiger partial charge in [-0.3, -0.25) is 9.78 Å². The fourth-order valence-corrected chi connectivity index (χ4v) is 3.19. The second-order valence-corrected chi connectivity index (χ2v) is 6.39. The van der Waals surface area contributed by atoms with Gasteiger partial charge in [0.15, 0.2) is 0 Å². The molecule has 1 amide bonds. The molecule has 1 N–H and O–H groups in total. The first-order valence-electron chi connectivity index (χ1n) is 7.97. The molecule has 0 saturated heterocycles. The van der Waals surface area contributed by atoms with Gasteiger partial charge in [-0.15, -0.1) is 11.3 Å². The van der Waals surface area contributed by atoms with Crippen molar-refractivity contribution in [3.8, 4) is 11.3 Å². The third-order valence-corrected chi connectivity index (χ3v) is 4.58. The molecule has 0 bridgehead atoms. The molecule has 0 radical (unpaired) electrons. The van der Waals surface area contributed by atoms with E-state index < -0.39 is 0 Å². The number of hydrogen-bond acceptors (Lipinski definition) is 4. The van der Waals surface area contributed by atoms with E-state index in [4.69, 9.17) is 0 Å². The minimum Gasteiger partial charge on any atom is -0.356 e. The number of aryl methyl sites for hydroxylation is 1. The van der Waals surface area contributed by atoms with Crippen molar-refractivity contribution in [1.29, 1.82) is 0 Å². The summed E-state index contributed by atoms with van der Waals surface area (Å²) in [5.74, 6) is 0.0877. The van der Waals surface area contributed by atoms with Gasteiger partial charge in [0.25, 0.3) is 0 Å². The second kappa shape index (κ2) is 8.36. The molecule has 0 aliphatic heterocycles. The number of benzene rings is 1. The van der Waals surface area contributed by atoms with Crippen molar-refractivity contribution in [2.24, 2.45) is 0 Å². The minimum atomic E-state index is 0.0877. The molecule has 24 heavy (non-hydrogen) atoms. The van der Waals surface area contributed by atoms with E-state index in [1.54, 1.807) is 23.7 Å². The molecule has 3 rings (SSSR count). The number of amides is 1. The molecule has 0 saturated carbocycles. The maximum absolute atomic E-state index is 11.9. The topological polar surface area (TPSA) is 54.9 Å². The van der Waals surface area contributed by atoms with Crippen LogP contribution in [-0.4, -0.2) is 22.4 Å². The maximum atomic E-state index is 11.9. The molecule has 122 valence electrons. The normalized spacial score (nSPS) is 10.5. The Morgan fingerprint density at radius 3 is 2.62 bits per heavy atom. The van der Waals surface area contributed by atoms with Crippen molar-refractivity contribution in [1.82, 2.24) is 15.3 Å². The standard InChI is InChI=1S/C19H19N3OS/c23-18(7-6-15-4-2-1-3-5-15)21-13-10-19-22-17(14-24-19)16-8-11-20-12-9-16/h1-5,8-9,11-12,14H,6-7,10,13H2,(H,21,23). The predicted molar refractivity (Wildman–Crippen MR) is 96.8 cm³/mol. The van der Waals surface area contributed by atoms with Gasteiger partial charge in [-0.05, 0) is 24.1 Å². The van der Waals surface area contributed by atoms with Crippen LogP contribution >= 0.6 is 11.3 Å². The van der Waals surface area contributed by atoms with E-state index in [9.17, 15) is 4.79 Å². The van der Waals surface area contributed by atoms with Crippen molar-refractivity contribution in [2.45, 2.75) is 19.3 Å². The number of nitrogens with zero attached hydrogens (tertiary/aromatic N) is 2. The fraction of sp³-hybridized carbons (Fsp3) is 0.211. The van der Waals surface area contributed by atoms with E-state index in [-0.39, 0.29) is 5.91 Å². The molecule has 2 heterocycles. The van der Waals surface area contributed by atoms with Crippen LogP contribution in [0.25, 0.3) is 11.3 Å². The summed E-state index contributed by atoms with van der Waals surface area (Å²) in [4.78, 5) is 20.5. The minimum absolute atomic E-state index is 0.0877. The van der Waals surface area contributed by atoms with Gasteiger partial charge in [0.1, 0.15) is 0 Å². The maximum Gasteiger partial charge on any atom is 0.220 e. The van der Waals surface area contributed by atoms with Crippen LogP contribution in [0.1, 0.15) is 17.0 Å². The Balaban J connectivity index is 1.42. The lowest BCUT2D eigenvalue weighted by molar-refractivity contribution is -0.121. The summed E-state index contributed by atoms with van der Waals surface area (Å²) in [5, 5.41) is 6.04. The van der Waals surface area contributed by atoms with Gasteiger partial charge in [0.2, 0.25) is 5.91 Å². The number of nitrogens with one attached hydrogen (secondary N) is 1. The molecule has 1 aromatic carbocycles. The number of carbonyl (C=O) groups excluding carboxylic acids is 1. The molecule has 2 aromatic heterocycles. The number of hydrogen-bond donors (Lipinski definition) is 1. The highest BCUT2D eigenvalue weighted by atomic mass is 32.1. The lowest BCUT2D eigenvalue weighted by atomic mass is 10.1.